The molecule has 1 amide bonds. The van der Waals surface area contributed by atoms with E-state index in [1.807, 2.05) is 0 Å². The Morgan fingerprint density at radius 2 is 2.11 bits per heavy atom. The summed E-state index contributed by atoms with van der Waals surface area (Å²) in [5.74, 6) is 0.288. The molecule has 1 heterocycles. The van der Waals surface area contributed by atoms with Crippen molar-refractivity contribution < 1.29 is 19.1 Å². The number of anilines is 1. The minimum absolute atomic E-state index is 0.190. The van der Waals surface area contributed by atoms with E-state index in [-0.39, 0.29) is 18.5 Å². The van der Waals surface area contributed by atoms with Crippen LogP contribution in [0.25, 0.3) is 0 Å². The van der Waals surface area contributed by atoms with Gasteiger partial charge in [0.15, 0.2) is 6.61 Å². The Labute approximate surface area is 167 Å². The molecule has 27 heavy (non-hydrogen) atoms. The molecule has 1 unspecified atom stereocenters. The number of rotatable bonds is 6. The van der Waals surface area contributed by atoms with E-state index in [0.29, 0.717) is 33.9 Å². The fourth-order valence-corrected chi connectivity index (χ4v) is 4.73. The van der Waals surface area contributed by atoms with Gasteiger partial charge in [-0.15, -0.1) is 11.3 Å². The third kappa shape index (κ3) is 4.62. The van der Waals surface area contributed by atoms with Crippen molar-refractivity contribution in [3.63, 3.8) is 0 Å². The van der Waals surface area contributed by atoms with Crippen LogP contribution in [0.15, 0.2) is 24.3 Å². The van der Waals surface area contributed by atoms with Crippen molar-refractivity contribution in [2.24, 2.45) is 5.92 Å². The van der Waals surface area contributed by atoms with Crippen molar-refractivity contribution in [1.29, 1.82) is 0 Å². The van der Waals surface area contributed by atoms with Crippen LogP contribution in [0.1, 0.15) is 41.1 Å². The number of carbonyl (C=O) groups excluding carboxylic acids is 2. The number of benzene rings is 1. The second kappa shape index (κ2) is 8.76. The van der Waals surface area contributed by atoms with Crippen LogP contribution in [0, 0.1) is 5.92 Å². The Kier molecular flexibility index (Phi) is 6.39. The van der Waals surface area contributed by atoms with Crippen LogP contribution < -0.4 is 10.1 Å². The van der Waals surface area contributed by atoms with Gasteiger partial charge in [0, 0.05) is 4.88 Å². The van der Waals surface area contributed by atoms with Gasteiger partial charge in [0.25, 0.3) is 5.91 Å². The molecule has 2 aromatic rings. The molecule has 1 aliphatic carbocycles. The van der Waals surface area contributed by atoms with E-state index in [0.717, 1.165) is 29.7 Å². The van der Waals surface area contributed by atoms with E-state index in [1.165, 1.54) is 11.3 Å². The molecule has 0 spiro atoms. The molecule has 0 bridgehead atoms. The van der Waals surface area contributed by atoms with Crippen molar-refractivity contribution in [2.45, 2.75) is 33.1 Å². The lowest BCUT2D eigenvalue weighted by molar-refractivity contribution is -0.118. The van der Waals surface area contributed by atoms with E-state index in [2.05, 4.69) is 12.2 Å². The second-order valence-corrected chi connectivity index (χ2v) is 8.06. The van der Waals surface area contributed by atoms with Crippen molar-refractivity contribution in [1.82, 2.24) is 0 Å². The number of hydrogen-bond donors (Lipinski definition) is 1. The third-order valence-electron chi connectivity index (χ3n) is 4.44. The van der Waals surface area contributed by atoms with Crippen LogP contribution >= 0.6 is 22.9 Å². The highest BCUT2D eigenvalue weighted by Gasteiger charge is 2.29. The van der Waals surface area contributed by atoms with Gasteiger partial charge in [0.2, 0.25) is 0 Å². The number of halogens is 1. The number of thiophene rings is 1. The van der Waals surface area contributed by atoms with Gasteiger partial charge in [-0.3, -0.25) is 4.79 Å². The maximum absolute atomic E-state index is 12.5. The third-order valence-corrected chi connectivity index (χ3v) is 5.92. The molecule has 0 radical (unpaired) electrons. The van der Waals surface area contributed by atoms with Crippen molar-refractivity contribution in [3.8, 4) is 5.75 Å². The molecule has 0 fully saturated rings. The topological polar surface area (TPSA) is 64.6 Å². The molecular weight excluding hydrogens is 386 g/mol. The maximum Gasteiger partial charge on any atom is 0.341 e. The average Bonchev–Trinajstić information content (AvgIpc) is 2.98. The van der Waals surface area contributed by atoms with Crippen LogP contribution in [0.5, 0.6) is 5.75 Å². The molecule has 0 saturated carbocycles. The standard InChI is InChI=1S/C20H22ClNO4S/c1-3-25-20(24)18-13-9-8-12(2)10-16(13)27-19(18)22-17(23)11-26-15-7-5-4-6-14(15)21/h4-7,12H,3,8-11H2,1-2H3,(H,22,23). The number of carbonyl (C=O) groups is 2. The van der Waals surface area contributed by atoms with Crippen LogP contribution in [0.3, 0.4) is 0 Å². The first-order valence-electron chi connectivity index (χ1n) is 8.98. The van der Waals surface area contributed by atoms with E-state index in [4.69, 9.17) is 21.1 Å². The summed E-state index contributed by atoms with van der Waals surface area (Å²) in [5, 5.41) is 3.81. The molecule has 3 rings (SSSR count). The maximum atomic E-state index is 12.5. The molecular formula is C20H22ClNO4S. The van der Waals surface area contributed by atoms with Gasteiger partial charge < -0.3 is 14.8 Å². The zero-order chi connectivity index (χ0) is 19.4. The number of amides is 1. The fraction of sp³-hybridized carbons (Fsp3) is 0.400. The summed E-state index contributed by atoms with van der Waals surface area (Å²) in [7, 11) is 0. The zero-order valence-corrected chi connectivity index (χ0v) is 16.9. The summed E-state index contributed by atoms with van der Waals surface area (Å²) < 4.78 is 10.7. The Balaban J connectivity index is 1.76. The Morgan fingerprint density at radius 1 is 1.33 bits per heavy atom. The SMILES string of the molecule is CCOC(=O)c1c(NC(=O)COc2ccccc2Cl)sc2c1CCC(C)C2. The number of nitrogens with one attached hydrogen (secondary N) is 1. The van der Waals surface area contributed by atoms with Gasteiger partial charge in [-0.2, -0.15) is 0 Å². The van der Waals surface area contributed by atoms with Crippen LogP contribution in [0.4, 0.5) is 5.00 Å². The summed E-state index contributed by atoms with van der Waals surface area (Å²) in [6.45, 7) is 4.07. The Bertz CT molecular complexity index is 849. The van der Waals surface area contributed by atoms with Gasteiger partial charge in [-0.05, 0) is 49.8 Å². The van der Waals surface area contributed by atoms with Crippen molar-refractivity contribution in [2.75, 3.05) is 18.5 Å². The summed E-state index contributed by atoms with van der Waals surface area (Å²) in [4.78, 5) is 26.0. The average molecular weight is 408 g/mol. The molecule has 5 nitrogen and oxygen atoms in total. The molecule has 1 aromatic heterocycles. The Hall–Kier alpha value is -2.05. The largest absolute Gasteiger partial charge is 0.482 e. The van der Waals surface area contributed by atoms with Crippen LogP contribution in [0.2, 0.25) is 5.02 Å². The molecule has 1 aliphatic rings. The molecule has 144 valence electrons. The van der Waals surface area contributed by atoms with Crippen LogP contribution in [-0.4, -0.2) is 25.1 Å². The highest BCUT2D eigenvalue weighted by Crippen LogP contribution is 2.40. The van der Waals surface area contributed by atoms with E-state index >= 15 is 0 Å². The lowest BCUT2D eigenvalue weighted by Gasteiger charge is -2.18. The highest BCUT2D eigenvalue weighted by molar-refractivity contribution is 7.17. The summed E-state index contributed by atoms with van der Waals surface area (Å²) in [6.07, 6.45) is 2.77. The van der Waals surface area contributed by atoms with Crippen molar-refractivity contribution >= 4 is 39.8 Å². The second-order valence-electron chi connectivity index (χ2n) is 6.54. The van der Waals surface area contributed by atoms with Gasteiger partial charge >= 0.3 is 5.97 Å². The van der Waals surface area contributed by atoms with E-state index < -0.39 is 0 Å². The van der Waals surface area contributed by atoms with Crippen molar-refractivity contribution in [3.05, 3.63) is 45.3 Å². The quantitative estimate of drug-likeness (QED) is 0.703. The van der Waals surface area contributed by atoms with Gasteiger partial charge in [0.05, 0.1) is 17.2 Å². The summed E-state index contributed by atoms with van der Waals surface area (Å²) in [5.41, 5.74) is 1.51. The smallest absolute Gasteiger partial charge is 0.341 e. The lowest BCUT2D eigenvalue weighted by atomic mass is 9.88. The summed E-state index contributed by atoms with van der Waals surface area (Å²) >= 11 is 7.49. The first-order valence-corrected chi connectivity index (χ1v) is 10.2. The monoisotopic (exact) mass is 407 g/mol. The van der Waals surface area contributed by atoms with Gasteiger partial charge in [-0.25, -0.2) is 4.79 Å². The fourth-order valence-electron chi connectivity index (χ4n) is 3.13. The number of para-hydroxylation sites is 1. The number of hydrogen-bond acceptors (Lipinski definition) is 5. The molecule has 0 saturated heterocycles. The minimum atomic E-state index is -0.383. The van der Waals surface area contributed by atoms with Crippen LogP contribution in [-0.2, 0) is 22.4 Å². The zero-order valence-electron chi connectivity index (χ0n) is 15.3. The predicted octanol–water partition coefficient (Wildman–Crippen LogP) is 4.72. The van der Waals surface area contributed by atoms with Gasteiger partial charge in [0.1, 0.15) is 10.8 Å². The first-order chi connectivity index (χ1) is 13.0. The molecule has 7 heteroatoms. The number of esters is 1. The summed E-state index contributed by atoms with van der Waals surface area (Å²) in [6, 6.07) is 6.97. The molecule has 0 aliphatic heterocycles. The minimum Gasteiger partial charge on any atom is -0.482 e. The normalized spacial score (nSPS) is 15.7. The number of fused-ring (bicyclic) bond motifs is 1. The predicted molar refractivity (Wildman–Crippen MR) is 107 cm³/mol. The van der Waals surface area contributed by atoms with E-state index in [9.17, 15) is 9.59 Å². The molecule has 1 N–H and O–H groups in total. The molecule has 1 aromatic carbocycles. The number of ether oxygens (including phenoxy) is 2. The van der Waals surface area contributed by atoms with Gasteiger partial charge in [-0.1, -0.05) is 30.7 Å². The highest BCUT2D eigenvalue weighted by atomic mass is 35.5. The molecule has 1 atom stereocenters. The lowest BCUT2D eigenvalue weighted by Crippen LogP contribution is -2.21. The first kappa shape index (κ1) is 19.7. The Morgan fingerprint density at radius 3 is 2.85 bits per heavy atom. The van der Waals surface area contributed by atoms with E-state index in [1.54, 1.807) is 31.2 Å².